The molecule has 0 saturated heterocycles. The molecule has 0 unspecified atom stereocenters. The second-order valence-corrected chi connectivity index (χ2v) is 7.65. The molecule has 1 aromatic heterocycles. The van der Waals surface area contributed by atoms with E-state index in [2.05, 4.69) is 4.98 Å². The van der Waals surface area contributed by atoms with Crippen molar-refractivity contribution in [3.63, 3.8) is 0 Å². The van der Waals surface area contributed by atoms with Crippen molar-refractivity contribution in [2.45, 2.75) is 50.9 Å². The van der Waals surface area contributed by atoms with Gasteiger partial charge in [0.2, 0.25) is 0 Å². The molecule has 2 nitrogen and oxygen atoms in total. The fourth-order valence-electron chi connectivity index (χ4n) is 5.05. The van der Waals surface area contributed by atoms with Crippen LogP contribution in [0.4, 0.5) is 0 Å². The number of carbonyl (C=O) groups excluding carboxylic acids is 1. The van der Waals surface area contributed by atoms with E-state index in [0.717, 1.165) is 17.8 Å². The minimum Gasteiger partial charge on any atom is -0.293 e. The number of aromatic nitrogens is 1. The Morgan fingerprint density at radius 2 is 1.78 bits per heavy atom. The van der Waals surface area contributed by atoms with Crippen LogP contribution >= 0.6 is 11.3 Å². The summed E-state index contributed by atoms with van der Waals surface area (Å²) in [6.07, 6.45) is 8.40. The first-order valence-electron chi connectivity index (χ1n) is 7.11. The largest absolute Gasteiger partial charge is 0.293 e. The summed E-state index contributed by atoms with van der Waals surface area (Å²) >= 11 is 1.73. The minimum absolute atomic E-state index is 0.113. The first kappa shape index (κ1) is 11.2. The number of ketones is 1. The van der Waals surface area contributed by atoms with E-state index in [1.54, 1.807) is 18.3 Å². The van der Waals surface area contributed by atoms with Crippen LogP contribution in [0.3, 0.4) is 0 Å². The predicted molar refractivity (Wildman–Crippen MR) is 72.0 cm³/mol. The Morgan fingerprint density at radius 3 is 2.22 bits per heavy atom. The second kappa shape index (κ2) is 3.66. The lowest BCUT2D eigenvalue weighted by Crippen LogP contribution is -2.48. The predicted octanol–water partition coefficient (Wildman–Crippen LogP) is 3.81. The van der Waals surface area contributed by atoms with Crippen LogP contribution in [0.15, 0.2) is 5.38 Å². The van der Waals surface area contributed by atoms with Crippen LogP contribution in [0, 0.1) is 17.8 Å². The molecule has 4 saturated carbocycles. The molecule has 0 aromatic carbocycles. The van der Waals surface area contributed by atoms with Gasteiger partial charge in [0.25, 0.3) is 0 Å². The van der Waals surface area contributed by atoms with Crippen LogP contribution in [-0.4, -0.2) is 10.8 Å². The van der Waals surface area contributed by atoms with Gasteiger partial charge >= 0.3 is 0 Å². The maximum Gasteiger partial charge on any atom is 0.178 e. The smallest absolute Gasteiger partial charge is 0.178 e. The summed E-state index contributed by atoms with van der Waals surface area (Å²) in [5.74, 6) is 2.95. The van der Waals surface area contributed by atoms with E-state index in [4.69, 9.17) is 0 Å². The van der Waals surface area contributed by atoms with Gasteiger partial charge in [0.05, 0.1) is 5.01 Å². The lowest BCUT2D eigenvalue weighted by molar-refractivity contribution is -0.00530. The molecule has 96 valence electrons. The first-order chi connectivity index (χ1) is 8.64. The highest BCUT2D eigenvalue weighted by Crippen LogP contribution is 2.61. The fourth-order valence-corrected chi connectivity index (χ4v) is 6.14. The number of Topliss-reactive ketones (excluding diaryl/α,β-unsaturated/α-hetero) is 1. The SMILES string of the molecule is CC(=O)c1csc(C23CC4CC(CC(C4)C2)C3)n1. The normalized spacial score (nSPS) is 41.3. The fraction of sp³-hybridized carbons (Fsp3) is 0.733. The highest BCUT2D eigenvalue weighted by Gasteiger charge is 2.52. The summed E-state index contributed by atoms with van der Waals surface area (Å²) < 4.78 is 0. The van der Waals surface area contributed by atoms with E-state index < -0.39 is 0 Å². The van der Waals surface area contributed by atoms with Crippen molar-refractivity contribution in [2.75, 3.05) is 0 Å². The van der Waals surface area contributed by atoms with Crippen molar-refractivity contribution in [3.8, 4) is 0 Å². The maximum atomic E-state index is 11.4. The summed E-state index contributed by atoms with van der Waals surface area (Å²) in [6.45, 7) is 1.62. The third-order valence-electron chi connectivity index (χ3n) is 5.36. The highest BCUT2D eigenvalue weighted by molar-refractivity contribution is 7.10. The van der Waals surface area contributed by atoms with Gasteiger partial charge in [-0.1, -0.05) is 0 Å². The molecule has 0 spiro atoms. The number of rotatable bonds is 2. The molecule has 4 bridgehead atoms. The Labute approximate surface area is 112 Å². The lowest BCUT2D eigenvalue weighted by atomic mass is 9.50. The van der Waals surface area contributed by atoms with Crippen LogP contribution in [0.5, 0.6) is 0 Å². The van der Waals surface area contributed by atoms with Crippen LogP contribution < -0.4 is 0 Å². The van der Waals surface area contributed by atoms with Crippen molar-refractivity contribution < 1.29 is 4.79 Å². The highest BCUT2D eigenvalue weighted by atomic mass is 32.1. The van der Waals surface area contributed by atoms with Gasteiger partial charge in [-0.2, -0.15) is 0 Å². The van der Waals surface area contributed by atoms with Crippen molar-refractivity contribution >= 4 is 17.1 Å². The second-order valence-electron chi connectivity index (χ2n) is 6.79. The van der Waals surface area contributed by atoms with E-state index in [1.165, 1.54) is 43.5 Å². The average molecular weight is 261 g/mol. The van der Waals surface area contributed by atoms with Crippen LogP contribution in [0.25, 0.3) is 0 Å². The van der Waals surface area contributed by atoms with E-state index in [9.17, 15) is 4.79 Å². The summed E-state index contributed by atoms with van der Waals surface area (Å²) in [5, 5.41) is 3.24. The Balaban J connectivity index is 1.72. The summed E-state index contributed by atoms with van der Waals surface area (Å²) in [7, 11) is 0. The molecule has 4 fully saturated rings. The molecule has 0 radical (unpaired) electrons. The molecule has 1 heterocycles. The zero-order valence-corrected chi connectivity index (χ0v) is 11.6. The Bertz CT molecular complexity index is 469. The van der Waals surface area contributed by atoms with Gasteiger partial charge in [0, 0.05) is 17.7 Å². The van der Waals surface area contributed by atoms with Crippen molar-refractivity contribution in [2.24, 2.45) is 17.8 Å². The number of hydrogen-bond acceptors (Lipinski definition) is 3. The standard InChI is InChI=1S/C15H19NOS/c1-9(17)13-8-18-14(16-13)15-5-10-2-11(6-15)4-12(3-10)7-15/h8,10-12H,2-7H2,1H3. The molecule has 0 amide bonds. The number of hydrogen-bond donors (Lipinski definition) is 0. The molecule has 3 heteroatoms. The monoisotopic (exact) mass is 261 g/mol. The van der Waals surface area contributed by atoms with E-state index in [1.807, 2.05) is 5.38 Å². The van der Waals surface area contributed by atoms with Gasteiger partial charge in [0.15, 0.2) is 5.78 Å². The van der Waals surface area contributed by atoms with Crippen LogP contribution in [-0.2, 0) is 5.41 Å². The maximum absolute atomic E-state index is 11.4. The number of carbonyl (C=O) groups is 1. The molecule has 1 aromatic rings. The lowest BCUT2D eigenvalue weighted by Gasteiger charge is -2.56. The molecule has 0 atom stereocenters. The Morgan fingerprint density at radius 1 is 1.22 bits per heavy atom. The Hall–Kier alpha value is -0.700. The zero-order chi connectivity index (χ0) is 12.3. The summed E-state index contributed by atoms with van der Waals surface area (Å²) in [5.41, 5.74) is 1.04. The molecule has 0 aliphatic heterocycles. The van der Waals surface area contributed by atoms with Gasteiger partial charge in [-0.15, -0.1) is 11.3 Å². The quantitative estimate of drug-likeness (QED) is 0.758. The van der Waals surface area contributed by atoms with Crippen LogP contribution in [0.1, 0.15) is 60.9 Å². The van der Waals surface area contributed by atoms with Crippen LogP contribution in [0.2, 0.25) is 0 Å². The van der Waals surface area contributed by atoms with Crippen molar-refractivity contribution in [3.05, 3.63) is 16.1 Å². The average Bonchev–Trinajstić information content (AvgIpc) is 2.76. The molecular formula is C15H19NOS. The van der Waals surface area contributed by atoms with Gasteiger partial charge in [0.1, 0.15) is 5.69 Å². The van der Waals surface area contributed by atoms with E-state index in [0.29, 0.717) is 11.1 Å². The van der Waals surface area contributed by atoms with Gasteiger partial charge < -0.3 is 0 Å². The summed E-state index contributed by atoms with van der Waals surface area (Å²) in [6, 6.07) is 0. The van der Waals surface area contributed by atoms with E-state index in [-0.39, 0.29) is 5.78 Å². The molecule has 18 heavy (non-hydrogen) atoms. The Kier molecular flexibility index (Phi) is 2.27. The third-order valence-corrected chi connectivity index (χ3v) is 6.45. The topological polar surface area (TPSA) is 30.0 Å². The van der Waals surface area contributed by atoms with E-state index >= 15 is 0 Å². The molecule has 5 rings (SSSR count). The molecular weight excluding hydrogens is 242 g/mol. The molecule has 4 aliphatic rings. The zero-order valence-electron chi connectivity index (χ0n) is 10.8. The number of thiazole rings is 1. The number of nitrogens with zero attached hydrogens (tertiary/aromatic N) is 1. The molecule has 0 N–H and O–H groups in total. The van der Waals surface area contributed by atoms with Gasteiger partial charge in [-0.05, 0) is 56.3 Å². The van der Waals surface area contributed by atoms with Crippen molar-refractivity contribution in [1.29, 1.82) is 0 Å². The third kappa shape index (κ3) is 1.52. The summed E-state index contributed by atoms with van der Waals surface area (Å²) in [4.78, 5) is 16.1. The first-order valence-corrected chi connectivity index (χ1v) is 7.99. The van der Waals surface area contributed by atoms with Gasteiger partial charge in [-0.3, -0.25) is 4.79 Å². The minimum atomic E-state index is 0.113. The van der Waals surface area contributed by atoms with Crippen molar-refractivity contribution in [1.82, 2.24) is 4.98 Å². The van der Waals surface area contributed by atoms with Gasteiger partial charge in [-0.25, -0.2) is 4.98 Å². The molecule has 4 aliphatic carbocycles.